The molecule has 1 aromatic carbocycles. The molecule has 0 bridgehead atoms. The first-order valence-corrected chi connectivity index (χ1v) is 8.50. The predicted molar refractivity (Wildman–Crippen MR) is 103 cm³/mol. The number of rotatable bonds is 6. The molecule has 0 unspecified atom stereocenters. The number of imidazole rings is 1. The monoisotopic (exact) mass is 367 g/mol. The molecule has 0 aliphatic carbocycles. The molecular weight excluding hydrogens is 346 g/mol. The van der Waals surface area contributed by atoms with Gasteiger partial charge in [0, 0.05) is 30.7 Å². The molecular formula is C19H21N5O3. The van der Waals surface area contributed by atoms with Gasteiger partial charge < -0.3 is 19.9 Å². The zero-order valence-corrected chi connectivity index (χ0v) is 15.4. The number of benzene rings is 1. The number of carbonyl (C=O) groups excluding carboxylic acids is 2. The molecule has 2 aromatic heterocycles. The maximum atomic E-state index is 12.5. The van der Waals surface area contributed by atoms with Crippen LogP contribution in [0.2, 0.25) is 0 Å². The Bertz CT molecular complexity index is 963. The summed E-state index contributed by atoms with van der Waals surface area (Å²) in [6.45, 7) is 4.08. The number of ether oxygens (including phenoxy) is 1. The van der Waals surface area contributed by atoms with E-state index in [9.17, 15) is 9.59 Å². The lowest BCUT2D eigenvalue weighted by Gasteiger charge is -2.09. The van der Waals surface area contributed by atoms with Crippen molar-refractivity contribution in [3.8, 4) is 0 Å². The van der Waals surface area contributed by atoms with Crippen molar-refractivity contribution in [2.24, 2.45) is 0 Å². The van der Waals surface area contributed by atoms with Crippen LogP contribution in [0.25, 0.3) is 11.2 Å². The van der Waals surface area contributed by atoms with Crippen LogP contribution in [0.3, 0.4) is 0 Å². The van der Waals surface area contributed by atoms with E-state index in [4.69, 9.17) is 4.74 Å². The van der Waals surface area contributed by atoms with Crippen molar-refractivity contribution in [1.29, 1.82) is 0 Å². The smallest absolute Gasteiger partial charge is 0.257 e. The maximum Gasteiger partial charge on any atom is 0.257 e. The first-order chi connectivity index (χ1) is 13.0. The number of nitrogens with one attached hydrogen (secondary N) is 2. The Kier molecular flexibility index (Phi) is 5.46. The molecule has 0 spiro atoms. The fraction of sp³-hybridized carbons (Fsp3) is 0.263. The van der Waals surface area contributed by atoms with Crippen molar-refractivity contribution in [3.63, 3.8) is 0 Å². The average Bonchev–Trinajstić information content (AvgIpc) is 3.07. The van der Waals surface area contributed by atoms with Gasteiger partial charge in [0.25, 0.3) is 5.91 Å². The molecule has 140 valence electrons. The fourth-order valence-electron chi connectivity index (χ4n) is 2.59. The molecule has 3 rings (SSSR count). The third-order valence-electron chi connectivity index (χ3n) is 3.93. The van der Waals surface area contributed by atoms with Crippen LogP contribution in [0.15, 0.2) is 42.9 Å². The van der Waals surface area contributed by atoms with Gasteiger partial charge in [0.15, 0.2) is 5.65 Å². The lowest BCUT2D eigenvalue weighted by Crippen LogP contribution is -2.17. The van der Waals surface area contributed by atoms with Gasteiger partial charge in [-0.05, 0) is 44.2 Å². The SMILES string of the molecule is COCC(=O)Nc1ccc(NC(=O)c2cnc3c(c2)ncn3C(C)C)cc1. The third-order valence-corrected chi connectivity index (χ3v) is 3.93. The van der Waals surface area contributed by atoms with Gasteiger partial charge in [-0.25, -0.2) is 9.97 Å². The van der Waals surface area contributed by atoms with Crippen LogP contribution in [0.4, 0.5) is 11.4 Å². The molecule has 2 N–H and O–H groups in total. The van der Waals surface area contributed by atoms with Crippen molar-refractivity contribution in [2.75, 3.05) is 24.4 Å². The number of anilines is 2. The summed E-state index contributed by atoms with van der Waals surface area (Å²) in [4.78, 5) is 32.6. The number of methoxy groups -OCH3 is 1. The molecule has 0 radical (unpaired) electrons. The van der Waals surface area contributed by atoms with Gasteiger partial charge in [0.2, 0.25) is 5.91 Å². The van der Waals surface area contributed by atoms with Crippen LogP contribution in [0.1, 0.15) is 30.2 Å². The van der Waals surface area contributed by atoms with E-state index in [1.54, 1.807) is 36.7 Å². The standard InChI is InChI=1S/C19H21N5O3/c1-12(2)24-11-21-16-8-13(9-20-18(16)24)19(26)23-15-6-4-14(5-7-15)22-17(25)10-27-3/h4-9,11-12H,10H2,1-3H3,(H,22,25)(H,23,26). The van der Waals surface area contributed by atoms with E-state index in [0.29, 0.717) is 22.5 Å². The molecule has 8 nitrogen and oxygen atoms in total. The summed E-state index contributed by atoms with van der Waals surface area (Å²) >= 11 is 0. The summed E-state index contributed by atoms with van der Waals surface area (Å²) < 4.78 is 6.72. The molecule has 0 saturated heterocycles. The minimum absolute atomic E-state index is 0.0134. The summed E-state index contributed by atoms with van der Waals surface area (Å²) in [5, 5.41) is 5.50. The van der Waals surface area contributed by atoms with Gasteiger partial charge >= 0.3 is 0 Å². The Morgan fingerprint density at radius 2 is 1.78 bits per heavy atom. The number of carbonyl (C=O) groups is 2. The Labute approximate surface area is 156 Å². The van der Waals surface area contributed by atoms with E-state index in [2.05, 4.69) is 20.6 Å². The number of nitrogens with zero attached hydrogens (tertiary/aromatic N) is 3. The van der Waals surface area contributed by atoms with Crippen molar-refractivity contribution in [3.05, 3.63) is 48.4 Å². The van der Waals surface area contributed by atoms with E-state index >= 15 is 0 Å². The number of aromatic nitrogens is 3. The van der Waals surface area contributed by atoms with E-state index in [1.165, 1.54) is 13.3 Å². The van der Waals surface area contributed by atoms with Crippen LogP contribution in [0.5, 0.6) is 0 Å². The van der Waals surface area contributed by atoms with Crippen molar-refractivity contribution in [2.45, 2.75) is 19.9 Å². The number of amides is 2. The lowest BCUT2D eigenvalue weighted by atomic mass is 10.2. The highest BCUT2D eigenvalue weighted by Crippen LogP contribution is 2.18. The minimum atomic E-state index is -0.278. The molecule has 8 heteroatoms. The highest BCUT2D eigenvalue weighted by atomic mass is 16.5. The van der Waals surface area contributed by atoms with Gasteiger partial charge in [-0.3, -0.25) is 9.59 Å². The Morgan fingerprint density at radius 1 is 1.11 bits per heavy atom. The number of hydrogen-bond donors (Lipinski definition) is 2. The van der Waals surface area contributed by atoms with E-state index in [-0.39, 0.29) is 24.5 Å². The van der Waals surface area contributed by atoms with Crippen LogP contribution in [-0.4, -0.2) is 40.1 Å². The topological polar surface area (TPSA) is 98.1 Å². The zero-order valence-electron chi connectivity index (χ0n) is 15.4. The molecule has 0 fully saturated rings. The predicted octanol–water partition coefficient (Wildman–Crippen LogP) is 2.85. The second kappa shape index (κ2) is 7.96. The molecule has 2 amide bonds. The van der Waals surface area contributed by atoms with E-state index in [1.807, 2.05) is 18.4 Å². The number of pyridine rings is 1. The van der Waals surface area contributed by atoms with Crippen molar-refractivity contribution >= 4 is 34.4 Å². The summed E-state index contributed by atoms with van der Waals surface area (Å²) in [6, 6.07) is 8.78. The Morgan fingerprint density at radius 3 is 2.41 bits per heavy atom. The van der Waals surface area contributed by atoms with Gasteiger partial charge in [-0.15, -0.1) is 0 Å². The summed E-state index contributed by atoms with van der Waals surface area (Å²) in [5.74, 6) is -0.519. The van der Waals surface area contributed by atoms with Crippen LogP contribution in [0, 0.1) is 0 Å². The molecule has 3 aromatic rings. The molecule has 0 saturated carbocycles. The van der Waals surface area contributed by atoms with Gasteiger partial charge in [0.05, 0.1) is 11.9 Å². The molecule has 27 heavy (non-hydrogen) atoms. The molecule has 2 heterocycles. The zero-order chi connectivity index (χ0) is 19.4. The normalized spacial score (nSPS) is 11.0. The molecule has 0 atom stereocenters. The summed E-state index contributed by atoms with van der Waals surface area (Å²) in [7, 11) is 1.46. The second-order valence-corrected chi connectivity index (χ2v) is 6.32. The van der Waals surface area contributed by atoms with E-state index < -0.39 is 0 Å². The van der Waals surface area contributed by atoms with Gasteiger partial charge in [0.1, 0.15) is 12.1 Å². The van der Waals surface area contributed by atoms with E-state index in [0.717, 1.165) is 5.65 Å². The summed E-state index contributed by atoms with van der Waals surface area (Å²) in [5.41, 5.74) is 3.08. The highest BCUT2D eigenvalue weighted by molar-refractivity contribution is 6.05. The third kappa shape index (κ3) is 4.29. The Hall–Kier alpha value is -3.26. The van der Waals surface area contributed by atoms with Crippen LogP contribution >= 0.6 is 0 Å². The lowest BCUT2D eigenvalue weighted by molar-refractivity contribution is -0.119. The van der Waals surface area contributed by atoms with Crippen molar-refractivity contribution in [1.82, 2.24) is 14.5 Å². The second-order valence-electron chi connectivity index (χ2n) is 6.32. The number of fused-ring (bicyclic) bond motifs is 1. The van der Waals surface area contributed by atoms with Gasteiger partial charge in [-0.1, -0.05) is 0 Å². The highest BCUT2D eigenvalue weighted by Gasteiger charge is 2.12. The minimum Gasteiger partial charge on any atom is -0.375 e. The first kappa shape index (κ1) is 18.5. The average molecular weight is 367 g/mol. The summed E-state index contributed by atoms with van der Waals surface area (Å²) in [6.07, 6.45) is 3.26. The molecule has 0 aliphatic rings. The maximum absolute atomic E-state index is 12.5. The molecule has 0 aliphatic heterocycles. The largest absolute Gasteiger partial charge is 0.375 e. The quantitative estimate of drug-likeness (QED) is 0.698. The fourth-order valence-corrected chi connectivity index (χ4v) is 2.59. The Balaban J connectivity index is 1.69. The first-order valence-electron chi connectivity index (χ1n) is 8.50. The van der Waals surface area contributed by atoms with Crippen LogP contribution in [-0.2, 0) is 9.53 Å². The van der Waals surface area contributed by atoms with Crippen molar-refractivity contribution < 1.29 is 14.3 Å². The van der Waals surface area contributed by atoms with Crippen LogP contribution < -0.4 is 10.6 Å². The number of hydrogen-bond acceptors (Lipinski definition) is 5. The van der Waals surface area contributed by atoms with Gasteiger partial charge in [-0.2, -0.15) is 0 Å².